The van der Waals surface area contributed by atoms with E-state index in [2.05, 4.69) is 11.4 Å². The Morgan fingerprint density at radius 1 is 0.909 bits per heavy atom. The van der Waals surface area contributed by atoms with Gasteiger partial charge in [0.2, 0.25) is 0 Å². The number of benzene rings is 2. The van der Waals surface area contributed by atoms with Crippen LogP contribution in [0.4, 0.5) is 17.6 Å². The van der Waals surface area contributed by atoms with Crippen LogP contribution in [0.1, 0.15) is 35.1 Å². The van der Waals surface area contributed by atoms with E-state index in [1.54, 1.807) is 6.07 Å². The third kappa shape index (κ3) is 4.58. The summed E-state index contributed by atoms with van der Waals surface area (Å²) in [6.45, 7) is 0.0745. The summed E-state index contributed by atoms with van der Waals surface area (Å²) < 4.78 is 49.7. The highest BCUT2D eigenvalue weighted by Gasteiger charge is 2.07. The van der Waals surface area contributed by atoms with Crippen LogP contribution in [-0.4, -0.2) is 6.21 Å². The van der Waals surface area contributed by atoms with Crippen LogP contribution in [0.25, 0.3) is 0 Å². The van der Waals surface area contributed by atoms with Gasteiger partial charge in [-0.2, -0.15) is 0 Å². The number of alkyl halides is 4. The Balaban J connectivity index is 1.89. The molecule has 0 aromatic heterocycles. The van der Waals surface area contributed by atoms with Crippen LogP contribution in [0, 0.1) is 0 Å². The maximum atomic E-state index is 12.5. The second-order valence-corrected chi connectivity index (χ2v) is 4.44. The molecule has 0 aliphatic rings. The van der Waals surface area contributed by atoms with E-state index in [4.69, 9.17) is 4.84 Å². The van der Waals surface area contributed by atoms with Crippen molar-refractivity contribution in [3.8, 4) is 0 Å². The minimum atomic E-state index is -2.56. The summed E-state index contributed by atoms with van der Waals surface area (Å²) in [6, 6.07) is 11.2. The van der Waals surface area contributed by atoms with Gasteiger partial charge in [-0.3, -0.25) is 0 Å². The first-order chi connectivity index (χ1) is 10.6. The zero-order chi connectivity index (χ0) is 15.9. The lowest BCUT2D eigenvalue weighted by Gasteiger charge is -2.02. The van der Waals surface area contributed by atoms with Crippen molar-refractivity contribution in [1.82, 2.24) is 0 Å². The molecule has 0 bridgehead atoms. The number of hydrogen-bond donors (Lipinski definition) is 0. The van der Waals surface area contributed by atoms with Crippen molar-refractivity contribution in [3.63, 3.8) is 0 Å². The number of hydrogen-bond acceptors (Lipinski definition) is 2. The van der Waals surface area contributed by atoms with E-state index in [0.29, 0.717) is 11.1 Å². The molecule has 0 unspecified atom stereocenters. The Bertz CT molecular complexity index is 626. The Hall–Kier alpha value is -2.37. The Morgan fingerprint density at radius 2 is 1.59 bits per heavy atom. The van der Waals surface area contributed by atoms with Crippen LogP contribution >= 0.6 is 0 Å². The molecule has 0 saturated heterocycles. The summed E-state index contributed by atoms with van der Waals surface area (Å²) in [5.41, 5.74) is 0.840. The van der Waals surface area contributed by atoms with Gasteiger partial charge in [0.05, 0.1) is 0 Å². The minimum absolute atomic E-state index is 0.0670. The van der Waals surface area contributed by atoms with Crippen molar-refractivity contribution in [2.75, 3.05) is 0 Å². The molecular formula is C16H12F4NO. The highest BCUT2D eigenvalue weighted by atomic mass is 19.3. The predicted molar refractivity (Wildman–Crippen MR) is 74.1 cm³/mol. The summed E-state index contributed by atoms with van der Waals surface area (Å²) >= 11 is 0. The van der Waals surface area contributed by atoms with Crippen LogP contribution in [-0.2, 0) is 11.4 Å². The third-order valence-corrected chi connectivity index (χ3v) is 2.84. The zero-order valence-electron chi connectivity index (χ0n) is 11.3. The normalized spacial score (nSPS) is 11.5. The average molecular weight is 310 g/mol. The molecular weight excluding hydrogens is 298 g/mol. The van der Waals surface area contributed by atoms with E-state index in [9.17, 15) is 17.6 Å². The second kappa shape index (κ2) is 7.59. The summed E-state index contributed by atoms with van der Waals surface area (Å²) in [7, 11) is 0. The molecule has 2 aromatic carbocycles. The topological polar surface area (TPSA) is 21.6 Å². The highest BCUT2D eigenvalue weighted by Crippen LogP contribution is 2.19. The summed E-state index contributed by atoms with van der Waals surface area (Å²) in [5.74, 6) is 0. The predicted octanol–water partition coefficient (Wildman–Crippen LogP) is 4.99. The van der Waals surface area contributed by atoms with E-state index >= 15 is 0 Å². The fraction of sp³-hybridized carbons (Fsp3) is 0.188. The molecule has 0 heterocycles. The SMILES string of the molecule is FC(F)c1ccc(CO/N=[C]\c2cccc(C(F)F)c2)cc1. The van der Waals surface area contributed by atoms with Gasteiger partial charge >= 0.3 is 0 Å². The lowest BCUT2D eigenvalue weighted by molar-refractivity contribution is 0.131. The fourth-order valence-corrected chi connectivity index (χ4v) is 1.70. The van der Waals surface area contributed by atoms with Crippen molar-refractivity contribution in [2.45, 2.75) is 19.5 Å². The molecule has 2 aromatic rings. The molecule has 0 spiro atoms. The molecule has 0 fully saturated rings. The van der Waals surface area contributed by atoms with Gasteiger partial charge in [0.15, 0.2) is 0 Å². The molecule has 0 amide bonds. The van der Waals surface area contributed by atoms with Gasteiger partial charge in [-0.05, 0) is 11.6 Å². The molecule has 1 radical (unpaired) electrons. The molecule has 0 aliphatic heterocycles. The molecule has 6 heteroatoms. The van der Waals surface area contributed by atoms with Crippen LogP contribution < -0.4 is 0 Å². The minimum Gasteiger partial charge on any atom is -0.390 e. The third-order valence-electron chi connectivity index (χ3n) is 2.84. The van der Waals surface area contributed by atoms with Gasteiger partial charge < -0.3 is 4.84 Å². The van der Waals surface area contributed by atoms with Crippen molar-refractivity contribution in [3.05, 3.63) is 70.8 Å². The van der Waals surface area contributed by atoms with Crippen molar-refractivity contribution in [1.29, 1.82) is 0 Å². The number of rotatable bonds is 6. The van der Waals surface area contributed by atoms with Gasteiger partial charge in [0.25, 0.3) is 12.9 Å². The lowest BCUT2D eigenvalue weighted by Crippen LogP contribution is -1.91. The number of halogens is 4. The highest BCUT2D eigenvalue weighted by molar-refractivity contribution is 5.79. The fourth-order valence-electron chi connectivity index (χ4n) is 1.70. The molecule has 22 heavy (non-hydrogen) atoms. The summed E-state index contributed by atoms with van der Waals surface area (Å²) in [6.07, 6.45) is -2.58. The van der Waals surface area contributed by atoms with Crippen molar-refractivity contribution in [2.24, 2.45) is 5.16 Å². The largest absolute Gasteiger partial charge is 0.390 e. The van der Waals surface area contributed by atoms with Gasteiger partial charge in [-0.15, -0.1) is 0 Å². The van der Waals surface area contributed by atoms with E-state index in [1.165, 1.54) is 42.5 Å². The first kappa shape index (κ1) is 16.0. The van der Waals surface area contributed by atoms with Crippen LogP contribution in [0.3, 0.4) is 0 Å². The first-order valence-corrected chi connectivity index (χ1v) is 6.39. The first-order valence-electron chi connectivity index (χ1n) is 6.39. The quantitative estimate of drug-likeness (QED) is 0.418. The Kier molecular flexibility index (Phi) is 5.52. The van der Waals surface area contributed by atoms with E-state index < -0.39 is 12.9 Å². The molecule has 2 nitrogen and oxygen atoms in total. The molecule has 2 rings (SSSR count). The molecule has 0 saturated carbocycles. The monoisotopic (exact) mass is 310 g/mol. The maximum Gasteiger partial charge on any atom is 0.263 e. The molecule has 115 valence electrons. The van der Waals surface area contributed by atoms with Crippen molar-refractivity contribution >= 4 is 6.21 Å². The molecule has 0 atom stereocenters. The van der Waals surface area contributed by atoms with E-state index in [-0.39, 0.29) is 17.7 Å². The van der Waals surface area contributed by atoms with Crippen LogP contribution in [0.5, 0.6) is 0 Å². The standard InChI is InChI=1S/C16H12F4NO/c17-15(18)13-6-4-11(5-7-13)10-22-21-9-12-2-1-3-14(8-12)16(19)20/h1-8,15-16H,10H2. The number of nitrogens with zero attached hydrogens (tertiary/aromatic N) is 1. The second-order valence-electron chi connectivity index (χ2n) is 4.44. The summed E-state index contributed by atoms with van der Waals surface area (Å²) in [4.78, 5) is 4.96. The Morgan fingerprint density at radius 3 is 2.23 bits per heavy atom. The van der Waals surface area contributed by atoms with Crippen molar-refractivity contribution < 1.29 is 22.4 Å². The summed E-state index contributed by atoms with van der Waals surface area (Å²) in [5, 5.41) is 3.55. The van der Waals surface area contributed by atoms with Gasteiger partial charge in [-0.1, -0.05) is 47.6 Å². The van der Waals surface area contributed by atoms with Gasteiger partial charge in [-0.25, -0.2) is 17.6 Å². The Labute approximate surface area is 125 Å². The lowest BCUT2D eigenvalue weighted by atomic mass is 10.1. The zero-order valence-corrected chi connectivity index (χ0v) is 11.3. The molecule has 0 aliphatic carbocycles. The van der Waals surface area contributed by atoms with E-state index in [0.717, 1.165) is 0 Å². The molecule has 0 N–H and O–H groups in total. The maximum absolute atomic E-state index is 12.5. The van der Waals surface area contributed by atoms with Gasteiger partial charge in [0, 0.05) is 16.7 Å². The average Bonchev–Trinajstić information content (AvgIpc) is 2.52. The van der Waals surface area contributed by atoms with Crippen LogP contribution in [0.15, 0.2) is 53.7 Å². The van der Waals surface area contributed by atoms with Crippen LogP contribution in [0.2, 0.25) is 0 Å². The smallest absolute Gasteiger partial charge is 0.263 e. The van der Waals surface area contributed by atoms with E-state index in [1.807, 2.05) is 0 Å². The van der Waals surface area contributed by atoms with Gasteiger partial charge in [0.1, 0.15) is 12.8 Å².